The summed E-state index contributed by atoms with van der Waals surface area (Å²) in [6, 6.07) is 0. The minimum absolute atomic E-state index is 0.172. The first kappa shape index (κ1) is 25.7. The maximum absolute atomic E-state index is 10.5. The number of ketones is 1. The maximum Gasteiger partial charge on any atom is 0.130 e. The van der Waals surface area contributed by atoms with Crippen molar-refractivity contribution in [3.8, 4) is 0 Å². The SMILES string of the molecule is C=CC(=C)CC1CC(CC)CC1CC.CC(=O)CC(C)(C)C.CS. The fourth-order valence-electron chi connectivity index (χ4n) is 3.59. The van der Waals surface area contributed by atoms with E-state index in [4.69, 9.17) is 0 Å². The molecule has 0 radical (unpaired) electrons. The average molecular weight is 355 g/mol. The van der Waals surface area contributed by atoms with E-state index in [1.165, 1.54) is 37.7 Å². The molecule has 0 heterocycles. The van der Waals surface area contributed by atoms with Crippen LogP contribution >= 0.6 is 12.6 Å². The van der Waals surface area contributed by atoms with Gasteiger partial charge in [0.15, 0.2) is 0 Å². The lowest BCUT2D eigenvalue weighted by molar-refractivity contribution is -0.118. The van der Waals surface area contributed by atoms with Gasteiger partial charge in [-0.2, -0.15) is 12.6 Å². The minimum atomic E-state index is 0.172. The Kier molecular flexibility index (Phi) is 14.7. The molecule has 0 aromatic carbocycles. The first-order valence-corrected chi connectivity index (χ1v) is 10.3. The monoisotopic (exact) mass is 354 g/mol. The largest absolute Gasteiger partial charge is 0.300 e. The summed E-state index contributed by atoms with van der Waals surface area (Å²) in [6.07, 6.45) is 11.0. The number of allylic oxidation sites excluding steroid dienone is 2. The van der Waals surface area contributed by atoms with Crippen LogP contribution in [0, 0.1) is 23.2 Å². The molecule has 0 aromatic heterocycles. The Bertz CT molecular complexity index is 365. The summed E-state index contributed by atoms with van der Waals surface area (Å²) in [5.74, 6) is 3.08. The van der Waals surface area contributed by atoms with Crippen LogP contribution in [0.3, 0.4) is 0 Å². The van der Waals surface area contributed by atoms with Crippen molar-refractivity contribution in [2.45, 2.75) is 80.1 Å². The van der Waals surface area contributed by atoms with Gasteiger partial charge >= 0.3 is 0 Å². The Morgan fingerprint density at radius 3 is 1.92 bits per heavy atom. The molecule has 1 aliphatic carbocycles. The van der Waals surface area contributed by atoms with Crippen molar-refractivity contribution >= 4 is 18.4 Å². The summed E-state index contributed by atoms with van der Waals surface area (Å²) in [6.45, 7) is 20.3. The zero-order chi connectivity index (χ0) is 19.3. The molecule has 0 bridgehead atoms. The summed E-state index contributed by atoms with van der Waals surface area (Å²) in [4.78, 5) is 10.5. The highest BCUT2D eigenvalue weighted by atomic mass is 32.1. The van der Waals surface area contributed by atoms with Crippen LogP contribution in [-0.4, -0.2) is 12.0 Å². The number of Topliss-reactive ketones (excluding diaryl/α,β-unsaturated/α-hetero) is 1. The summed E-state index contributed by atoms with van der Waals surface area (Å²) in [7, 11) is 0. The second-order valence-corrected chi connectivity index (χ2v) is 8.18. The lowest BCUT2D eigenvalue weighted by Crippen LogP contribution is -2.09. The molecule has 1 fully saturated rings. The third-order valence-corrected chi connectivity index (χ3v) is 4.63. The fourth-order valence-corrected chi connectivity index (χ4v) is 3.59. The molecule has 0 aromatic rings. The van der Waals surface area contributed by atoms with Crippen LogP contribution in [0.15, 0.2) is 24.8 Å². The van der Waals surface area contributed by atoms with E-state index in [0.29, 0.717) is 6.42 Å². The van der Waals surface area contributed by atoms with E-state index in [-0.39, 0.29) is 11.2 Å². The van der Waals surface area contributed by atoms with Gasteiger partial charge in [-0.1, -0.05) is 72.3 Å². The Morgan fingerprint density at radius 2 is 1.62 bits per heavy atom. The van der Waals surface area contributed by atoms with Crippen LogP contribution < -0.4 is 0 Å². The van der Waals surface area contributed by atoms with Crippen molar-refractivity contribution < 1.29 is 4.79 Å². The number of carbonyl (C=O) groups is 1. The van der Waals surface area contributed by atoms with E-state index in [1.807, 2.05) is 6.08 Å². The van der Waals surface area contributed by atoms with Crippen LogP contribution in [0.4, 0.5) is 0 Å². The smallest absolute Gasteiger partial charge is 0.130 e. The topological polar surface area (TPSA) is 17.1 Å². The van der Waals surface area contributed by atoms with Crippen molar-refractivity contribution in [2.75, 3.05) is 6.26 Å². The Labute approximate surface area is 157 Å². The third-order valence-electron chi connectivity index (χ3n) is 4.63. The Morgan fingerprint density at radius 1 is 1.12 bits per heavy atom. The third kappa shape index (κ3) is 12.9. The highest BCUT2D eigenvalue weighted by Gasteiger charge is 2.31. The van der Waals surface area contributed by atoms with Gasteiger partial charge < -0.3 is 4.79 Å². The summed E-state index contributed by atoms with van der Waals surface area (Å²) < 4.78 is 0. The quantitative estimate of drug-likeness (QED) is 0.396. The van der Waals surface area contributed by atoms with Crippen molar-refractivity contribution in [1.29, 1.82) is 0 Å². The molecule has 1 saturated carbocycles. The van der Waals surface area contributed by atoms with Gasteiger partial charge in [0.05, 0.1) is 0 Å². The minimum Gasteiger partial charge on any atom is -0.300 e. The predicted molar refractivity (Wildman–Crippen MR) is 114 cm³/mol. The van der Waals surface area contributed by atoms with Crippen LogP contribution in [0.1, 0.15) is 80.1 Å². The molecule has 3 unspecified atom stereocenters. The van der Waals surface area contributed by atoms with E-state index in [2.05, 4.69) is 60.4 Å². The van der Waals surface area contributed by atoms with E-state index in [1.54, 1.807) is 13.2 Å². The van der Waals surface area contributed by atoms with Crippen molar-refractivity contribution in [1.82, 2.24) is 0 Å². The van der Waals surface area contributed by atoms with Crippen LogP contribution in [0.2, 0.25) is 0 Å². The number of hydrogen-bond acceptors (Lipinski definition) is 2. The van der Waals surface area contributed by atoms with Gasteiger partial charge in [-0.3, -0.25) is 0 Å². The summed E-state index contributed by atoms with van der Waals surface area (Å²) >= 11 is 3.53. The molecule has 0 aliphatic heterocycles. The highest BCUT2D eigenvalue weighted by molar-refractivity contribution is 7.79. The molecule has 1 nitrogen and oxygen atoms in total. The molecular weight excluding hydrogens is 312 g/mol. The molecule has 142 valence electrons. The molecule has 0 N–H and O–H groups in total. The van der Waals surface area contributed by atoms with Gasteiger partial charge in [-0.15, -0.1) is 0 Å². The van der Waals surface area contributed by atoms with Crippen molar-refractivity contribution in [3.63, 3.8) is 0 Å². The van der Waals surface area contributed by atoms with E-state index < -0.39 is 0 Å². The van der Waals surface area contributed by atoms with Crippen LogP contribution in [-0.2, 0) is 4.79 Å². The first-order chi connectivity index (χ1) is 11.1. The predicted octanol–water partition coefficient (Wildman–Crippen LogP) is 7.14. The average Bonchev–Trinajstić information content (AvgIpc) is 2.89. The van der Waals surface area contributed by atoms with Crippen LogP contribution in [0.5, 0.6) is 0 Å². The van der Waals surface area contributed by atoms with Crippen LogP contribution in [0.25, 0.3) is 0 Å². The maximum atomic E-state index is 10.5. The van der Waals surface area contributed by atoms with Gasteiger partial charge in [0.1, 0.15) is 5.78 Å². The zero-order valence-electron chi connectivity index (χ0n) is 17.3. The molecule has 1 aliphatic rings. The molecule has 1 rings (SSSR count). The molecule has 2 heteroatoms. The molecule has 0 saturated heterocycles. The Balaban J connectivity index is 0. The van der Waals surface area contributed by atoms with Crippen molar-refractivity contribution in [2.24, 2.45) is 23.2 Å². The number of carbonyl (C=O) groups excluding carboxylic acids is 1. The molecule has 3 atom stereocenters. The lowest BCUT2D eigenvalue weighted by atomic mass is 9.88. The fraction of sp³-hybridized carbons (Fsp3) is 0.773. The summed E-state index contributed by atoms with van der Waals surface area (Å²) in [5.41, 5.74) is 1.40. The first-order valence-electron chi connectivity index (χ1n) is 9.37. The second-order valence-electron chi connectivity index (χ2n) is 8.18. The normalized spacial score (nSPS) is 22.6. The van der Waals surface area contributed by atoms with E-state index >= 15 is 0 Å². The molecular formula is C22H42OS. The lowest BCUT2D eigenvalue weighted by Gasteiger charge is -2.17. The molecule has 0 spiro atoms. The molecule has 0 amide bonds. The number of rotatable bonds is 6. The van der Waals surface area contributed by atoms with E-state index in [9.17, 15) is 4.79 Å². The number of thiol groups is 1. The highest BCUT2D eigenvalue weighted by Crippen LogP contribution is 2.42. The standard InChI is InChI=1S/C14H24.C7H14O.CH4S/c1-5-11(4)8-14-10-12(6-2)9-13(14)7-3;1-6(8)5-7(2,3)4;1-2/h5,12-14H,1,4,6-10H2,2-3H3;5H2,1-4H3;2H,1H3. The van der Waals surface area contributed by atoms with E-state index in [0.717, 1.165) is 17.8 Å². The zero-order valence-corrected chi connectivity index (χ0v) is 18.2. The summed E-state index contributed by atoms with van der Waals surface area (Å²) in [5, 5.41) is 0. The second kappa shape index (κ2) is 13.8. The van der Waals surface area contributed by atoms with Gasteiger partial charge in [0.25, 0.3) is 0 Å². The number of hydrogen-bond donors (Lipinski definition) is 1. The van der Waals surface area contributed by atoms with Gasteiger partial charge in [-0.25, -0.2) is 0 Å². The Hall–Kier alpha value is -0.500. The van der Waals surface area contributed by atoms with Gasteiger partial charge in [-0.05, 0) is 55.6 Å². The van der Waals surface area contributed by atoms with Gasteiger partial charge in [0.2, 0.25) is 0 Å². The molecule has 24 heavy (non-hydrogen) atoms. The van der Waals surface area contributed by atoms with Crippen molar-refractivity contribution in [3.05, 3.63) is 24.8 Å². The van der Waals surface area contributed by atoms with Gasteiger partial charge in [0, 0.05) is 6.42 Å².